The monoisotopic (exact) mass is 520 g/mol. The topological polar surface area (TPSA) is 130 Å². The van der Waals surface area contributed by atoms with Gasteiger partial charge in [-0.15, -0.1) is 0 Å². The summed E-state index contributed by atoms with van der Waals surface area (Å²) in [7, 11) is -1.94. The Balaban J connectivity index is 1.43. The highest BCUT2D eigenvalue weighted by Gasteiger charge is 2.38. The molecule has 1 aliphatic carbocycles. The number of rotatable bonds is 7. The average molecular weight is 521 g/mol. The molecule has 12 heteroatoms. The van der Waals surface area contributed by atoms with Crippen LogP contribution in [-0.2, 0) is 14.6 Å². The maximum absolute atomic E-state index is 12.5. The predicted molar refractivity (Wildman–Crippen MR) is 129 cm³/mol. The van der Waals surface area contributed by atoms with E-state index in [1.807, 2.05) is 20.8 Å². The van der Waals surface area contributed by atoms with E-state index < -0.39 is 15.4 Å². The largest absolute Gasteiger partial charge is 0.487 e. The first-order valence-corrected chi connectivity index (χ1v) is 13.5. The number of likely N-dealkylation sites (tertiary alicyclic amines) is 1. The standard InChI is InChI=1S/C24H32N4O7S/c1-15-18(8-9-19(27-15)36(30,31)17-6-7-17)34-22-20(32-5)21(25-14-26-22)33-16-10-12-28(13-11-16)23(29)35-24(2,3)4/h8-9,14,16-17H,6-7,10-13H2,1-5H3. The summed E-state index contributed by atoms with van der Waals surface area (Å²) >= 11 is 0. The van der Waals surface area contributed by atoms with Crippen LogP contribution in [0.15, 0.2) is 23.5 Å². The molecule has 2 fully saturated rings. The Bertz CT molecular complexity index is 1220. The van der Waals surface area contributed by atoms with E-state index in [1.165, 1.54) is 19.5 Å². The van der Waals surface area contributed by atoms with E-state index in [1.54, 1.807) is 17.9 Å². The molecule has 1 saturated carbocycles. The summed E-state index contributed by atoms with van der Waals surface area (Å²) < 4.78 is 47.9. The Hall–Kier alpha value is -3.15. The maximum atomic E-state index is 12.5. The molecule has 0 radical (unpaired) electrons. The zero-order valence-electron chi connectivity index (χ0n) is 21.2. The van der Waals surface area contributed by atoms with Crippen molar-refractivity contribution in [3.05, 3.63) is 24.2 Å². The number of aromatic nitrogens is 3. The van der Waals surface area contributed by atoms with E-state index in [9.17, 15) is 13.2 Å². The van der Waals surface area contributed by atoms with Gasteiger partial charge in [-0.1, -0.05) is 0 Å². The predicted octanol–water partition coefficient (Wildman–Crippen LogP) is 3.70. The molecule has 196 valence electrons. The summed E-state index contributed by atoms with van der Waals surface area (Å²) in [5, 5.41) is -0.292. The summed E-state index contributed by atoms with van der Waals surface area (Å²) in [4.78, 5) is 26.6. The number of pyridine rings is 1. The van der Waals surface area contributed by atoms with Crippen LogP contribution in [0.5, 0.6) is 23.3 Å². The number of ether oxygens (including phenoxy) is 4. The zero-order chi connectivity index (χ0) is 26.1. The molecule has 2 aromatic heterocycles. The summed E-state index contributed by atoms with van der Waals surface area (Å²) in [5.74, 6) is 0.896. The van der Waals surface area contributed by atoms with E-state index in [0.29, 0.717) is 50.2 Å². The SMILES string of the molecule is COc1c(Oc2ccc(S(=O)(=O)C3CC3)nc2C)ncnc1OC1CCN(C(=O)OC(C)(C)C)CC1. The van der Waals surface area contributed by atoms with Crippen molar-refractivity contribution in [2.45, 2.75) is 75.4 Å². The van der Waals surface area contributed by atoms with Crippen molar-refractivity contribution in [2.75, 3.05) is 20.2 Å². The van der Waals surface area contributed by atoms with Crippen molar-refractivity contribution < 1.29 is 32.2 Å². The minimum atomic E-state index is -3.40. The highest BCUT2D eigenvalue weighted by Crippen LogP contribution is 2.38. The lowest BCUT2D eigenvalue weighted by Crippen LogP contribution is -2.44. The molecule has 0 bridgehead atoms. The van der Waals surface area contributed by atoms with Crippen LogP contribution in [-0.4, -0.2) is 71.5 Å². The first kappa shape index (κ1) is 25.9. The van der Waals surface area contributed by atoms with Gasteiger partial charge in [0, 0.05) is 25.9 Å². The first-order chi connectivity index (χ1) is 17.0. The van der Waals surface area contributed by atoms with Gasteiger partial charge >= 0.3 is 6.09 Å². The van der Waals surface area contributed by atoms with Crippen LogP contribution in [0, 0.1) is 6.92 Å². The van der Waals surface area contributed by atoms with Gasteiger partial charge in [-0.05, 0) is 52.7 Å². The fourth-order valence-electron chi connectivity index (χ4n) is 3.76. The molecule has 3 heterocycles. The third kappa shape index (κ3) is 5.97. The Kier molecular flexibility index (Phi) is 7.26. The van der Waals surface area contributed by atoms with Crippen LogP contribution in [0.25, 0.3) is 0 Å². The number of carbonyl (C=O) groups is 1. The van der Waals surface area contributed by atoms with Gasteiger partial charge in [0.1, 0.15) is 18.0 Å². The van der Waals surface area contributed by atoms with Crippen molar-refractivity contribution in [2.24, 2.45) is 0 Å². The fourth-order valence-corrected chi connectivity index (χ4v) is 5.38. The van der Waals surface area contributed by atoms with E-state index in [2.05, 4.69) is 15.0 Å². The van der Waals surface area contributed by atoms with Crippen LogP contribution in [0.2, 0.25) is 0 Å². The van der Waals surface area contributed by atoms with E-state index in [0.717, 1.165) is 0 Å². The number of hydrogen-bond donors (Lipinski definition) is 0. The van der Waals surface area contributed by atoms with Gasteiger partial charge in [-0.3, -0.25) is 0 Å². The van der Waals surface area contributed by atoms with Crippen LogP contribution in [0.1, 0.15) is 52.1 Å². The maximum Gasteiger partial charge on any atom is 0.410 e. The number of hydrogen-bond acceptors (Lipinski definition) is 10. The second-order valence-electron chi connectivity index (χ2n) is 9.88. The third-order valence-electron chi connectivity index (χ3n) is 5.79. The Morgan fingerprint density at radius 1 is 1.06 bits per heavy atom. The molecule has 36 heavy (non-hydrogen) atoms. The summed E-state index contributed by atoms with van der Waals surface area (Å²) in [6.07, 6.45) is 3.32. The normalized spacial score (nSPS) is 17.0. The molecule has 1 amide bonds. The molecule has 0 N–H and O–H groups in total. The highest BCUT2D eigenvalue weighted by atomic mass is 32.2. The van der Waals surface area contributed by atoms with Gasteiger partial charge in [0.15, 0.2) is 20.6 Å². The lowest BCUT2D eigenvalue weighted by Gasteiger charge is -2.33. The quantitative estimate of drug-likeness (QED) is 0.533. The second kappa shape index (κ2) is 10.1. The summed E-state index contributed by atoms with van der Waals surface area (Å²) in [5.41, 5.74) is -0.135. The van der Waals surface area contributed by atoms with Gasteiger partial charge in [0.25, 0.3) is 11.8 Å². The lowest BCUT2D eigenvalue weighted by molar-refractivity contribution is 0.0120. The van der Waals surface area contributed by atoms with Crippen molar-refractivity contribution in [3.63, 3.8) is 0 Å². The molecule has 11 nitrogen and oxygen atoms in total. The minimum absolute atomic E-state index is 0.0475. The van der Waals surface area contributed by atoms with Gasteiger partial charge in [0.2, 0.25) is 5.75 Å². The van der Waals surface area contributed by atoms with Crippen LogP contribution in [0.3, 0.4) is 0 Å². The number of methoxy groups -OCH3 is 1. The number of sulfone groups is 1. The minimum Gasteiger partial charge on any atom is -0.487 e. The summed E-state index contributed by atoms with van der Waals surface area (Å²) in [6, 6.07) is 3.01. The van der Waals surface area contributed by atoms with Crippen LogP contribution in [0.4, 0.5) is 4.79 Å². The summed E-state index contributed by atoms with van der Waals surface area (Å²) in [6.45, 7) is 8.18. The average Bonchev–Trinajstić information content (AvgIpc) is 3.66. The van der Waals surface area contributed by atoms with E-state index in [-0.39, 0.29) is 40.0 Å². The lowest BCUT2D eigenvalue weighted by atomic mass is 10.1. The van der Waals surface area contributed by atoms with Gasteiger partial charge in [0.05, 0.1) is 18.1 Å². The molecule has 1 aliphatic heterocycles. The highest BCUT2D eigenvalue weighted by molar-refractivity contribution is 7.92. The number of aryl methyl sites for hydroxylation is 1. The van der Waals surface area contributed by atoms with Crippen LogP contribution >= 0.6 is 0 Å². The van der Waals surface area contributed by atoms with Crippen molar-refractivity contribution in [1.82, 2.24) is 19.9 Å². The molecule has 2 aromatic rings. The van der Waals surface area contributed by atoms with E-state index >= 15 is 0 Å². The number of nitrogens with zero attached hydrogens (tertiary/aromatic N) is 4. The zero-order valence-corrected chi connectivity index (χ0v) is 22.0. The Morgan fingerprint density at radius 3 is 2.31 bits per heavy atom. The first-order valence-electron chi connectivity index (χ1n) is 11.9. The molecule has 0 atom stereocenters. The van der Waals surface area contributed by atoms with Crippen molar-refractivity contribution in [3.8, 4) is 23.3 Å². The smallest absolute Gasteiger partial charge is 0.410 e. The fraction of sp³-hybridized carbons (Fsp3) is 0.583. The molecule has 4 rings (SSSR count). The molecule has 2 aliphatic rings. The number of carbonyl (C=O) groups excluding carboxylic acids is 1. The number of piperidine rings is 1. The molecule has 0 aromatic carbocycles. The Morgan fingerprint density at radius 2 is 1.72 bits per heavy atom. The van der Waals surface area contributed by atoms with Crippen molar-refractivity contribution in [1.29, 1.82) is 0 Å². The molecular formula is C24H32N4O7S. The molecule has 0 unspecified atom stereocenters. The van der Waals surface area contributed by atoms with Gasteiger partial charge in [-0.2, -0.15) is 9.97 Å². The second-order valence-corrected chi connectivity index (χ2v) is 12.1. The molecule has 0 spiro atoms. The third-order valence-corrected chi connectivity index (χ3v) is 7.95. The van der Waals surface area contributed by atoms with Crippen molar-refractivity contribution >= 4 is 15.9 Å². The van der Waals surface area contributed by atoms with E-state index in [4.69, 9.17) is 18.9 Å². The Labute approximate surface area is 211 Å². The molecular weight excluding hydrogens is 488 g/mol. The number of amides is 1. The van der Waals surface area contributed by atoms with Crippen LogP contribution < -0.4 is 14.2 Å². The van der Waals surface area contributed by atoms with Gasteiger partial charge < -0.3 is 23.8 Å². The molecule has 1 saturated heterocycles. The van der Waals surface area contributed by atoms with Gasteiger partial charge in [-0.25, -0.2) is 18.2 Å².